The van der Waals surface area contributed by atoms with Crippen molar-refractivity contribution in [3.63, 3.8) is 0 Å². The summed E-state index contributed by atoms with van der Waals surface area (Å²) in [6, 6.07) is 15.2. The second kappa shape index (κ2) is 6.27. The van der Waals surface area contributed by atoms with Gasteiger partial charge in [0, 0.05) is 0 Å². The van der Waals surface area contributed by atoms with E-state index < -0.39 is 0 Å². The van der Waals surface area contributed by atoms with Gasteiger partial charge >= 0.3 is 0 Å². The molecule has 0 radical (unpaired) electrons. The van der Waals surface area contributed by atoms with E-state index in [9.17, 15) is 4.79 Å². The molecule has 4 nitrogen and oxygen atoms in total. The summed E-state index contributed by atoms with van der Waals surface area (Å²) in [5.41, 5.74) is 3.50. The van der Waals surface area contributed by atoms with Crippen LogP contribution >= 0.6 is 11.8 Å². The second-order valence-electron chi connectivity index (χ2n) is 5.22. The Labute approximate surface area is 138 Å². The summed E-state index contributed by atoms with van der Waals surface area (Å²) in [5.74, 6) is 0.246. The maximum Gasteiger partial charge on any atom is 0.266 e. The molecule has 5 heteroatoms. The summed E-state index contributed by atoms with van der Waals surface area (Å²) in [7, 11) is 0. The van der Waals surface area contributed by atoms with E-state index in [0.29, 0.717) is 16.1 Å². The van der Waals surface area contributed by atoms with Crippen LogP contribution in [0, 0.1) is 25.2 Å². The zero-order valence-corrected chi connectivity index (χ0v) is 13.7. The highest BCUT2D eigenvalue weighted by atomic mass is 32.2. The van der Waals surface area contributed by atoms with Crippen molar-refractivity contribution in [2.75, 3.05) is 5.75 Å². The van der Waals surface area contributed by atoms with Gasteiger partial charge in [-0.25, -0.2) is 4.98 Å². The molecule has 1 aromatic heterocycles. The molecule has 0 unspecified atom stereocenters. The average Bonchev–Trinajstić information content (AvgIpc) is 2.56. The molecule has 0 fully saturated rings. The monoisotopic (exact) mass is 321 g/mol. The van der Waals surface area contributed by atoms with Gasteiger partial charge in [0.2, 0.25) is 0 Å². The molecule has 0 amide bonds. The van der Waals surface area contributed by atoms with E-state index in [1.807, 2.05) is 50.2 Å². The average molecular weight is 321 g/mol. The maximum atomic E-state index is 13.0. The molecule has 0 bridgehead atoms. The predicted octanol–water partition coefficient (Wildman–Crippen LogP) is 3.62. The number of aryl methyl sites for hydroxylation is 1. The lowest BCUT2D eigenvalue weighted by Gasteiger charge is -2.15. The fourth-order valence-electron chi connectivity index (χ4n) is 2.50. The van der Waals surface area contributed by atoms with Crippen LogP contribution in [-0.4, -0.2) is 15.3 Å². The summed E-state index contributed by atoms with van der Waals surface area (Å²) >= 11 is 1.28. The fraction of sp³-hybridized carbons (Fsp3) is 0.167. The van der Waals surface area contributed by atoms with Crippen LogP contribution in [-0.2, 0) is 0 Å². The van der Waals surface area contributed by atoms with E-state index in [4.69, 9.17) is 5.26 Å². The molecule has 114 valence electrons. The van der Waals surface area contributed by atoms with Crippen molar-refractivity contribution in [1.82, 2.24) is 9.55 Å². The smallest absolute Gasteiger partial charge is 0.266 e. The molecule has 0 aliphatic carbocycles. The highest BCUT2D eigenvalue weighted by molar-refractivity contribution is 7.99. The minimum Gasteiger partial charge on any atom is -0.268 e. The second-order valence-corrected chi connectivity index (χ2v) is 6.16. The molecular weight excluding hydrogens is 306 g/mol. The third-order valence-electron chi connectivity index (χ3n) is 3.83. The minimum atomic E-state index is -0.107. The van der Waals surface area contributed by atoms with Crippen LogP contribution in [0.3, 0.4) is 0 Å². The largest absolute Gasteiger partial charge is 0.268 e. The number of nitrogens with zero attached hydrogens (tertiary/aromatic N) is 3. The SMILES string of the molecule is Cc1cccc(-n2c(SCC#N)nc3ccccc3c2=O)c1C. The molecule has 1 heterocycles. The molecule has 23 heavy (non-hydrogen) atoms. The van der Waals surface area contributed by atoms with E-state index in [0.717, 1.165) is 16.8 Å². The Morgan fingerprint density at radius 1 is 1.17 bits per heavy atom. The highest BCUT2D eigenvalue weighted by Gasteiger charge is 2.15. The number of thioether (sulfide) groups is 1. The van der Waals surface area contributed by atoms with Crippen LogP contribution in [0.4, 0.5) is 0 Å². The first-order chi connectivity index (χ1) is 11.1. The molecular formula is C18H15N3OS. The quantitative estimate of drug-likeness (QED) is 0.546. The molecule has 0 atom stereocenters. The number of hydrogen-bond acceptors (Lipinski definition) is 4. The third-order valence-corrected chi connectivity index (χ3v) is 4.63. The van der Waals surface area contributed by atoms with Crippen molar-refractivity contribution in [2.24, 2.45) is 0 Å². The molecule has 0 spiro atoms. The van der Waals surface area contributed by atoms with Crippen molar-refractivity contribution in [3.8, 4) is 11.8 Å². The first-order valence-electron chi connectivity index (χ1n) is 7.21. The van der Waals surface area contributed by atoms with Crippen molar-refractivity contribution in [2.45, 2.75) is 19.0 Å². The summed E-state index contributed by atoms with van der Waals surface area (Å²) in [6.07, 6.45) is 0. The number of para-hydroxylation sites is 1. The number of hydrogen-bond donors (Lipinski definition) is 0. The Morgan fingerprint density at radius 3 is 2.74 bits per heavy atom. The lowest BCUT2D eigenvalue weighted by atomic mass is 10.1. The van der Waals surface area contributed by atoms with Crippen molar-refractivity contribution >= 4 is 22.7 Å². The molecule has 3 aromatic rings. The number of benzene rings is 2. The van der Waals surface area contributed by atoms with Crippen LogP contribution < -0.4 is 5.56 Å². The topological polar surface area (TPSA) is 58.7 Å². The minimum absolute atomic E-state index is 0.107. The van der Waals surface area contributed by atoms with Gasteiger partial charge in [-0.3, -0.25) is 9.36 Å². The van der Waals surface area contributed by atoms with E-state index in [-0.39, 0.29) is 11.3 Å². The van der Waals surface area contributed by atoms with Gasteiger partial charge < -0.3 is 0 Å². The molecule has 0 saturated heterocycles. The van der Waals surface area contributed by atoms with Crippen molar-refractivity contribution < 1.29 is 0 Å². The molecule has 2 aromatic carbocycles. The molecule has 0 aliphatic heterocycles. The molecule has 0 saturated carbocycles. The van der Waals surface area contributed by atoms with Crippen LogP contribution in [0.1, 0.15) is 11.1 Å². The van der Waals surface area contributed by atoms with Crippen LogP contribution in [0.15, 0.2) is 52.4 Å². The van der Waals surface area contributed by atoms with Gasteiger partial charge in [0.05, 0.1) is 28.4 Å². The first-order valence-corrected chi connectivity index (χ1v) is 8.20. The van der Waals surface area contributed by atoms with Crippen LogP contribution in [0.5, 0.6) is 0 Å². The normalized spacial score (nSPS) is 10.7. The number of aromatic nitrogens is 2. The standard InChI is InChI=1S/C18H15N3OS/c1-12-6-5-9-16(13(12)2)21-17(22)14-7-3-4-8-15(14)20-18(21)23-11-10-19/h3-9H,11H2,1-2H3. The van der Waals surface area contributed by atoms with Gasteiger partial charge in [-0.2, -0.15) is 5.26 Å². The van der Waals surface area contributed by atoms with Gasteiger partial charge in [0.1, 0.15) is 0 Å². The Morgan fingerprint density at radius 2 is 1.96 bits per heavy atom. The predicted molar refractivity (Wildman–Crippen MR) is 93.2 cm³/mol. The molecule has 3 rings (SSSR count). The van der Waals surface area contributed by atoms with Gasteiger partial charge in [0.15, 0.2) is 5.16 Å². The Balaban J connectivity index is 2.37. The van der Waals surface area contributed by atoms with Crippen molar-refractivity contribution in [3.05, 3.63) is 63.9 Å². The van der Waals surface area contributed by atoms with Crippen LogP contribution in [0.2, 0.25) is 0 Å². The first kappa shape index (κ1) is 15.3. The summed E-state index contributed by atoms with van der Waals surface area (Å²) < 4.78 is 1.62. The Hall–Kier alpha value is -2.58. The number of rotatable bonds is 3. The zero-order chi connectivity index (χ0) is 16.4. The lowest BCUT2D eigenvalue weighted by Crippen LogP contribution is -2.22. The Bertz CT molecular complexity index is 986. The van der Waals surface area contributed by atoms with E-state index in [1.54, 1.807) is 10.6 Å². The highest BCUT2D eigenvalue weighted by Crippen LogP contribution is 2.24. The molecule has 0 N–H and O–H groups in total. The molecule has 0 aliphatic rings. The van der Waals surface area contributed by atoms with Gasteiger partial charge in [-0.15, -0.1) is 0 Å². The van der Waals surface area contributed by atoms with Crippen molar-refractivity contribution in [1.29, 1.82) is 5.26 Å². The van der Waals surface area contributed by atoms with Crippen LogP contribution in [0.25, 0.3) is 16.6 Å². The van der Waals surface area contributed by atoms with Gasteiger partial charge in [-0.05, 0) is 43.2 Å². The van der Waals surface area contributed by atoms with E-state index in [2.05, 4.69) is 11.1 Å². The Kier molecular flexibility index (Phi) is 4.18. The summed E-state index contributed by atoms with van der Waals surface area (Å²) in [4.78, 5) is 17.6. The fourth-order valence-corrected chi connectivity index (χ4v) is 3.16. The third kappa shape index (κ3) is 2.73. The van der Waals surface area contributed by atoms with E-state index >= 15 is 0 Å². The lowest BCUT2D eigenvalue weighted by molar-refractivity contribution is 0.814. The maximum absolute atomic E-state index is 13.0. The number of fused-ring (bicyclic) bond motifs is 1. The summed E-state index contributed by atoms with van der Waals surface area (Å²) in [5, 5.41) is 10.0. The number of nitriles is 1. The zero-order valence-electron chi connectivity index (χ0n) is 12.9. The van der Waals surface area contributed by atoms with Gasteiger partial charge in [0.25, 0.3) is 5.56 Å². The van der Waals surface area contributed by atoms with E-state index in [1.165, 1.54) is 11.8 Å². The summed E-state index contributed by atoms with van der Waals surface area (Å²) in [6.45, 7) is 4.01. The van der Waals surface area contributed by atoms with Gasteiger partial charge in [-0.1, -0.05) is 36.0 Å².